The van der Waals surface area contributed by atoms with Crippen molar-refractivity contribution in [3.05, 3.63) is 41.9 Å². The smallest absolute Gasteiger partial charge is 0.223 e. The highest BCUT2D eigenvalue weighted by molar-refractivity contribution is 5.79. The SMILES string of the molecule is CCCc1[nH]c(C2CC(=O)N(CCOC)C2)nc1-c1ccccc1. The van der Waals surface area contributed by atoms with Crippen molar-refractivity contribution in [2.75, 3.05) is 26.8 Å². The number of imidazole rings is 1. The lowest BCUT2D eigenvalue weighted by Crippen LogP contribution is -2.28. The van der Waals surface area contributed by atoms with Crippen LogP contribution >= 0.6 is 0 Å². The Morgan fingerprint density at radius 2 is 2.12 bits per heavy atom. The lowest BCUT2D eigenvalue weighted by atomic mass is 10.1. The van der Waals surface area contributed by atoms with E-state index >= 15 is 0 Å². The van der Waals surface area contributed by atoms with Gasteiger partial charge in [0.1, 0.15) is 5.82 Å². The summed E-state index contributed by atoms with van der Waals surface area (Å²) in [6, 6.07) is 10.3. The van der Waals surface area contributed by atoms with E-state index in [1.54, 1.807) is 7.11 Å². The normalized spacial score (nSPS) is 17.7. The number of likely N-dealkylation sites (tertiary alicyclic amines) is 1. The molecular weight excluding hydrogens is 302 g/mol. The van der Waals surface area contributed by atoms with Crippen molar-refractivity contribution in [3.8, 4) is 11.3 Å². The summed E-state index contributed by atoms with van der Waals surface area (Å²) >= 11 is 0. The second kappa shape index (κ2) is 7.62. The maximum atomic E-state index is 12.2. The number of amides is 1. The number of aromatic nitrogens is 2. The number of rotatable bonds is 7. The fourth-order valence-corrected chi connectivity index (χ4v) is 3.26. The van der Waals surface area contributed by atoms with E-state index in [1.165, 1.54) is 5.69 Å². The molecule has 0 saturated carbocycles. The quantitative estimate of drug-likeness (QED) is 0.850. The van der Waals surface area contributed by atoms with Crippen molar-refractivity contribution in [1.82, 2.24) is 14.9 Å². The van der Waals surface area contributed by atoms with Crippen LogP contribution < -0.4 is 0 Å². The molecule has 1 aliphatic rings. The predicted octanol–water partition coefficient (Wildman–Crippen LogP) is 2.99. The zero-order valence-corrected chi connectivity index (χ0v) is 14.4. The van der Waals surface area contributed by atoms with E-state index in [1.807, 2.05) is 23.1 Å². The second-order valence-electron chi connectivity index (χ2n) is 6.30. The number of benzene rings is 1. The fraction of sp³-hybridized carbons (Fsp3) is 0.474. The number of hydrogen-bond acceptors (Lipinski definition) is 3. The van der Waals surface area contributed by atoms with E-state index in [4.69, 9.17) is 9.72 Å². The van der Waals surface area contributed by atoms with Crippen molar-refractivity contribution in [1.29, 1.82) is 0 Å². The third kappa shape index (κ3) is 3.51. The average molecular weight is 327 g/mol. The highest BCUT2D eigenvalue weighted by Crippen LogP contribution is 2.30. The van der Waals surface area contributed by atoms with Gasteiger partial charge in [-0.3, -0.25) is 4.79 Å². The minimum Gasteiger partial charge on any atom is -0.383 e. The van der Waals surface area contributed by atoms with Crippen LogP contribution in [0, 0.1) is 0 Å². The number of nitrogens with one attached hydrogen (secondary N) is 1. The van der Waals surface area contributed by atoms with Gasteiger partial charge in [0.15, 0.2) is 0 Å². The standard InChI is InChI=1S/C19H25N3O2/c1-3-7-16-18(14-8-5-4-6-9-14)21-19(20-16)15-12-17(23)22(13-15)10-11-24-2/h4-6,8-9,15H,3,7,10-13H2,1-2H3,(H,20,21). The Morgan fingerprint density at radius 3 is 2.83 bits per heavy atom. The molecule has 1 amide bonds. The molecule has 1 unspecified atom stereocenters. The molecule has 1 atom stereocenters. The first-order chi connectivity index (χ1) is 11.7. The summed E-state index contributed by atoms with van der Waals surface area (Å²) in [5.41, 5.74) is 3.32. The largest absolute Gasteiger partial charge is 0.383 e. The van der Waals surface area contributed by atoms with Gasteiger partial charge in [0.05, 0.1) is 12.3 Å². The first-order valence-electron chi connectivity index (χ1n) is 8.63. The van der Waals surface area contributed by atoms with E-state index in [0.29, 0.717) is 19.6 Å². The number of carbonyl (C=O) groups is 1. The summed E-state index contributed by atoms with van der Waals surface area (Å²) in [6.45, 7) is 4.11. The zero-order chi connectivity index (χ0) is 16.9. The molecule has 1 N–H and O–H groups in total. The molecule has 0 bridgehead atoms. The summed E-state index contributed by atoms with van der Waals surface area (Å²) in [5.74, 6) is 1.26. The summed E-state index contributed by atoms with van der Waals surface area (Å²) < 4.78 is 5.09. The van der Waals surface area contributed by atoms with E-state index in [0.717, 1.165) is 36.5 Å². The molecule has 1 aromatic heterocycles. The number of ether oxygens (including phenoxy) is 1. The monoisotopic (exact) mass is 327 g/mol. The van der Waals surface area contributed by atoms with Crippen LogP contribution in [0.15, 0.2) is 30.3 Å². The van der Waals surface area contributed by atoms with Gasteiger partial charge in [-0.1, -0.05) is 43.7 Å². The van der Waals surface area contributed by atoms with Crippen LogP contribution in [0.5, 0.6) is 0 Å². The minimum atomic E-state index is 0.141. The topological polar surface area (TPSA) is 58.2 Å². The Bertz CT molecular complexity index is 681. The Morgan fingerprint density at radius 1 is 1.33 bits per heavy atom. The van der Waals surface area contributed by atoms with Crippen LogP contribution in [-0.4, -0.2) is 47.6 Å². The number of methoxy groups -OCH3 is 1. The van der Waals surface area contributed by atoms with Gasteiger partial charge in [-0.2, -0.15) is 0 Å². The Balaban J connectivity index is 1.83. The van der Waals surface area contributed by atoms with Gasteiger partial charge in [0.2, 0.25) is 5.91 Å². The predicted molar refractivity (Wildman–Crippen MR) is 93.8 cm³/mol. The molecule has 1 saturated heterocycles. The number of aromatic amines is 1. The van der Waals surface area contributed by atoms with Crippen molar-refractivity contribution in [2.45, 2.75) is 32.1 Å². The number of carbonyl (C=O) groups excluding carboxylic acids is 1. The molecule has 2 heterocycles. The van der Waals surface area contributed by atoms with Crippen molar-refractivity contribution in [2.24, 2.45) is 0 Å². The number of H-pyrrole nitrogens is 1. The molecule has 1 aromatic carbocycles. The number of hydrogen-bond donors (Lipinski definition) is 1. The fourth-order valence-electron chi connectivity index (χ4n) is 3.26. The van der Waals surface area contributed by atoms with Crippen LogP contribution in [0.4, 0.5) is 0 Å². The molecule has 1 aliphatic heterocycles. The number of nitrogens with zero attached hydrogens (tertiary/aromatic N) is 2. The molecule has 5 heteroatoms. The van der Waals surface area contributed by atoms with Gasteiger partial charge in [-0.15, -0.1) is 0 Å². The molecule has 3 rings (SSSR count). The summed E-state index contributed by atoms with van der Waals surface area (Å²) in [4.78, 5) is 22.4. The van der Waals surface area contributed by atoms with Crippen LogP contribution in [0.1, 0.15) is 37.2 Å². The molecule has 2 aromatic rings. The maximum Gasteiger partial charge on any atom is 0.223 e. The lowest BCUT2D eigenvalue weighted by Gasteiger charge is -2.15. The van der Waals surface area contributed by atoms with E-state index in [2.05, 4.69) is 24.0 Å². The van der Waals surface area contributed by atoms with Crippen LogP contribution in [0.2, 0.25) is 0 Å². The second-order valence-corrected chi connectivity index (χ2v) is 6.30. The van der Waals surface area contributed by atoms with Crippen molar-refractivity contribution < 1.29 is 9.53 Å². The van der Waals surface area contributed by atoms with E-state index < -0.39 is 0 Å². The van der Waals surface area contributed by atoms with Gasteiger partial charge in [-0.05, 0) is 6.42 Å². The average Bonchev–Trinajstić information content (AvgIpc) is 3.18. The Hall–Kier alpha value is -2.14. The van der Waals surface area contributed by atoms with Crippen LogP contribution in [0.3, 0.4) is 0 Å². The zero-order valence-electron chi connectivity index (χ0n) is 14.4. The van der Waals surface area contributed by atoms with E-state index in [-0.39, 0.29) is 11.8 Å². The summed E-state index contributed by atoms with van der Waals surface area (Å²) in [5, 5.41) is 0. The molecule has 0 spiro atoms. The van der Waals surface area contributed by atoms with Gasteiger partial charge in [0.25, 0.3) is 0 Å². The van der Waals surface area contributed by atoms with Crippen LogP contribution in [-0.2, 0) is 16.0 Å². The first-order valence-corrected chi connectivity index (χ1v) is 8.63. The Kier molecular flexibility index (Phi) is 5.30. The van der Waals surface area contributed by atoms with Crippen LogP contribution in [0.25, 0.3) is 11.3 Å². The van der Waals surface area contributed by atoms with Gasteiger partial charge in [-0.25, -0.2) is 4.98 Å². The third-order valence-electron chi connectivity index (χ3n) is 4.51. The molecule has 0 aliphatic carbocycles. The Labute approximate surface area is 143 Å². The highest BCUT2D eigenvalue weighted by Gasteiger charge is 2.32. The molecule has 1 fully saturated rings. The van der Waals surface area contributed by atoms with E-state index in [9.17, 15) is 4.79 Å². The summed E-state index contributed by atoms with van der Waals surface area (Å²) in [6.07, 6.45) is 2.55. The lowest BCUT2D eigenvalue weighted by molar-refractivity contribution is -0.128. The summed E-state index contributed by atoms with van der Waals surface area (Å²) in [7, 11) is 1.66. The van der Waals surface area contributed by atoms with Gasteiger partial charge < -0.3 is 14.6 Å². The number of aryl methyl sites for hydroxylation is 1. The molecular formula is C19H25N3O2. The first kappa shape index (κ1) is 16.7. The molecule has 0 radical (unpaired) electrons. The maximum absolute atomic E-state index is 12.2. The molecule has 24 heavy (non-hydrogen) atoms. The van der Waals surface area contributed by atoms with Crippen molar-refractivity contribution >= 4 is 5.91 Å². The highest BCUT2D eigenvalue weighted by atomic mass is 16.5. The van der Waals surface area contributed by atoms with Gasteiger partial charge >= 0.3 is 0 Å². The third-order valence-corrected chi connectivity index (χ3v) is 4.51. The molecule has 5 nitrogen and oxygen atoms in total. The van der Waals surface area contributed by atoms with Gasteiger partial charge in [0, 0.05) is 43.8 Å². The van der Waals surface area contributed by atoms with Crippen molar-refractivity contribution in [3.63, 3.8) is 0 Å². The molecule has 128 valence electrons. The minimum absolute atomic E-state index is 0.141.